The molecule has 0 bridgehead atoms. The first-order chi connectivity index (χ1) is 12.1. The van der Waals surface area contributed by atoms with E-state index in [1.807, 2.05) is 30.3 Å². The van der Waals surface area contributed by atoms with Crippen LogP contribution >= 0.6 is 11.6 Å². The number of fused-ring (bicyclic) bond motifs is 1. The summed E-state index contributed by atoms with van der Waals surface area (Å²) in [6.07, 6.45) is 4.35. The highest BCUT2D eigenvalue weighted by atomic mass is 35.5. The third-order valence-corrected chi connectivity index (χ3v) is 5.73. The van der Waals surface area contributed by atoms with Crippen molar-refractivity contribution in [3.8, 4) is 0 Å². The standard InChI is InChI=1S/C21H22ClN2O/c1-23-11-9-21(10-12-23)14-19(16-5-3-2-4-6-16)18-13-17(22)7-8-20(18)24(25)15-21/h2-8,13-14H,9-12,15H2,1H3/q-1. The van der Waals surface area contributed by atoms with E-state index in [-0.39, 0.29) is 5.41 Å². The second-order valence-corrected chi connectivity index (χ2v) is 7.72. The summed E-state index contributed by atoms with van der Waals surface area (Å²) < 4.78 is 0. The van der Waals surface area contributed by atoms with Crippen LogP contribution in [-0.2, 0) is 0 Å². The molecule has 2 aromatic carbocycles. The lowest BCUT2D eigenvalue weighted by Gasteiger charge is -2.44. The second kappa shape index (κ2) is 6.49. The van der Waals surface area contributed by atoms with Crippen molar-refractivity contribution >= 4 is 22.9 Å². The quantitative estimate of drug-likeness (QED) is 0.737. The number of nitrogens with zero attached hydrogens (tertiary/aromatic N) is 2. The molecule has 0 saturated carbocycles. The Morgan fingerprint density at radius 2 is 1.76 bits per heavy atom. The zero-order chi connectivity index (χ0) is 17.4. The lowest BCUT2D eigenvalue weighted by Crippen LogP contribution is -2.42. The van der Waals surface area contributed by atoms with Crippen LogP contribution in [0.4, 0.5) is 5.69 Å². The average molecular weight is 354 g/mol. The third kappa shape index (κ3) is 3.20. The molecule has 0 amide bonds. The van der Waals surface area contributed by atoms with Gasteiger partial charge in [0.15, 0.2) is 0 Å². The smallest absolute Gasteiger partial charge is 0.0413 e. The van der Waals surface area contributed by atoms with Crippen LogP contribution in [0.3, 0.4) is 0 Å². The fourth-order valence-electron chi connectivity index (χ4n) is 3.97. The number of likely N-dealkylation sites (tertiary alicyclic amines) is 1. The van der Waals surface area contributed by atoms with Crippen LogP contribution in [0.5, 0.6) is 0 Å². The van der Waals surface area contributed by atoms with Gasteiger partial charge in [-0.2, -0.15) is 0 Å². The molecule has 130 valence electrons. The topological polar surface area (TPSA) is 29.5 Å². The number of hydroxylamine groups is 1. The molecule has 0 aliphatic carbocycles. The van der Waals surface area contributed by atoms with Gasteiger partial charge in [-0.05, 0) is 62.3 Å². The van der Waals surface area contributed by atoms with Crippen molar-refractivity contribution < 1.29 is 0 Å². The molecule has 1 fully saturated rings. The molecule has 1 saturated heterocycles. The SMILES string of the molecule is CN1CCC2(C=C(c3ccccc3)c3cc(Cl)ccc3N([O-])C2)CC1. The van der Waals surface area contributed by atoms with Crippen molar-refractivity contribution in [2.75, 3.05) is 31.7 Å². The predicted molar refractivity (Wildman–Crippen MR) is 105 cm³/mol. The highest BCUT2D eigenvalue weighted by Crippen LogP contribution is 2.44. The fraction of sp³-hybridized carbons (Fsp3) is 0.333. The van der Waals surface area contributed by atoms with Gasteiger partial charge in [0, 0.05) is 28.2 Å². The summed E-state index contributed by atoms with van der Waals surface area (Å²) in [5.41, 5.74) is 3.82. The maximum absolute atomic E-state index is 13.0. The minimum absolute atomic E-state index is 0.0923. The summed E-state index contributed by atoms with van der Waals surface area (Å²) in [5.74, 6) is 0. The van der Waals surface area contributed by atoms with Crippen molar-refractivity contribution in [2.45, 2.75) is 12.8 Å². The Morgan fingerprint density at radius 1 is 1.04 bits per heavy atom. The predicted octanol–water partition coefficient (Wildman–Crippen LogP) is 4.80. The number of piperidine rings is 1. The van der Waals surface area contributed by atoms with Crippen molar-refractivity contribution in [1.82, 2.24) is 4.90 Å². The summed E-state index contributed by atoms with van der Waals surface area (Å²) in [6, 6.07) is 15.9. The van der Waals surface area contributed by atoms with E-state index < -0.39 is 0 Å². The lowest BCUT2D eigenvalue weighted by atomic mass is 9.76. The van der Waals surface area contributed by atoms with E-state index in [1.165, 1.54) is 5.06 Å². The van der Waals surface area contributed by atoms with E-state index in [1.54, 1.807) is 6.07 Å². The lowest BCUT2D eigenvalue weighted by molar-refractivity contribution is 0.171. The molecule has 4 heteroatoms. The van der Waals surface area contributed by atoms with Gasteiger partial charge in [-0.25, -0.2) is 0 Å². The van der Waals surface area contributed by atoms with Crippen LogP contribution in [0.2, 0.25) is 5.02 Å². The van der Waals surface area contributed by atoms with Crippen molar-refractivity contribution in [1.29, 1.82) is 0 Å². The molecule has 1 spiro atoms. The summed E-state index contributed by atoms with van der Waals surface area (Å²) >= 11 is 6.27. The summed E-state index contributed by atoms with van der Waals surface area (Å²) in [5, 5.41) is 14.8. The van der Waals surface area contributed by atoms with Gasteiger partial charge in [0.25, 0.3) is 0 Å². The number of halogens is 1. The van der Waals surface area contributed by atoms with Crippen LogP contribution in [0.1, 0.15) is 24.0 Å². The number of benzene rings is 2. The summed E-state index contributed by atoms with van der Waals surface area (Å²) in [7, 11) is 2.15. The van der Waals surface area contributed by atoms with Gasteiger partial charge < -0.3 is 15.2 Å². The number of rotatable bonds is 1. The van der Waals surface area contributed by atoms with Gasteiger partial charge in [0.1, 0.15) is 0 Å². The summed E-state index contributed by atoms with van der Waals surface area (Å²) in [4.78, 5) is 2.34. The Morgan fingerprint density at radius 3 is 2.48 bits per heavy atom. The Bertz CT molecular complexity index is 795. The van der Waals surface area contributed by atoms with Gasteiger partial charge >= 0.3 is 0 Å². The Labute approximate surface area is 154 Å². The molecule has 2 aliphatic rings. The van der Waals surface area contributed by atoms with Crippen molar-refractivity contribution in [3.63, 3.8) is 0 Å². The Hall–Kier alpha value is -1.81. The first kappa shape index (κ1) is 16.6. The van der Waals surface area contributed by atoms with Crippen LogP contribution in [-0.4, -0.2) is 31.6 Å². The minimum atomic E-state index is -0.0923. The molecular formula is C21H22ClN2O-. The minimum Gasteiger partial charge on any atom is -0.758 e. The zero-order valence-electron chi connectivity index (χ0n) is 14.4. The molecule has 3 nitrogen and oxygen atoms in total. The van der Waals surface area contributed by atoms with Crippen molar-refractivity contribution in [2.24, 2.45) is 5.41 Å². The van der Waals surface area contributed by atoms with E-state index in [9.17, 15) is 5.21 Å². The van der Waals surface area contributed by atoms with Gasteiger partial charge in [-0.3, -0.25) is 0 Å². The molecule has 0 unspecified atom stereocenters. The van der Waals surface area contributed by atoms with Gasteiger partial charge in [0.05, 0.1) is 0 Å². The van der Waals surface area contributed by atoms with Crippen LogP contribution in [0.15, 0.2) is 54.6 Å². The maximum atomic E-state index is 13.0. The van der Waals surface area contributed by atoms with E-state index in [2.05, 4.69) is 30.2 Å². The first-order valence-corrected chi connectivity index (χ1v) is 9.16. The average Bonchev–Trinajstić information content (AvgIpc) is 2.73. The van der Waals surface area contributed by atoms with Crippen molar-refractivity contribution in [3.05, 3.63) is 76.0 Å². The van der Waals surface area contributed by atoms with Crippen LogP contribution in [0, 0.1) is 10.6 Å². The molecule has 2 aromatic rings. The molecule has 25 heavy (non-hydrogen) atoms. The first-order valence-electron chi connectivity index (χ1n) is 8.78. The highest BCUT2D eigenvalue weighted by molar-refractivity contribution is 6.31. The zero-order valence-corrected chi connectivity index (χ0v) is 15.2. The Kier molecular flexibility index (Phi) is 4.32. The van der Waals surface area contributed by atoms with E-state index in [0.717, 1.165) is 48.3 Å². The molecule has 2 aliphatic heterocycles. The number of anilines is 1. The van der Waals surface area contributed by atoms with E-state index >= 15 is 0 Å². The maximum Gasteiger partial charge on any atom is 0.0413 e. The monoisotopic (exact) mass is 353 g/mol. The number of hydrogen-bond donors (Lipinski definition) is 0. The van der Waals surface area contributed by atoms with Crippen LogP contribution < -0.4 is 5.06 Å². The molecule has 0 aromatic heterocycles. The van der Waals surface area contributed by atoms with Gasteiger partial charge in [0.2, 0.25) is 0 Å². The third-order valence-electron chi connectivity index (χ3n) is 5.49. The normalized spacial score (nSPS) is 20.1. The molecule has 0 radical (unpaired) electrons. The van der Waals surface area contributed by atoms with Crippen LogP contribution in [0.25, 0.3) is 5.57 Å². The molecule has 4 rings (SSSR count). The molecule has 0 N–H and O–H groups in total. The fourth-order valence-corrected chi connectivity index (χ4v) is 4.14. The number of hydrogen-bond acceptors (Lipinski definition) is 3. The van der Waals surface area contributed by atoms with Gasteiger partial charge in [-0.1, -0.05) is 48.0 Å². The molecule has 2 heterocycles. The summed E-state index contributed by atoms with van der Waals surface area (Å²) in [6.45, 7) is 2.54. The largest absolute Gasteiger partial charge is 0.758 e. The molecular weight excluding hydrogens is 332 g/mol. The Balaban J connectivity index is 1.89. The molecule has 0 atom stereocenters. The van der Waals surface area contributed by atoms with E-state index in [0.29, 0.717) is 11.6 Å². The van der Waals surface area contributed by atoms with Gasteiger partial charge in [-0.15, -0.1) is 0 Å². The second-order valence-electron chi connectivity index (χ2n) is 7.29. The highest BCUT2D eigenvalue weighted by Gasteiger charge is 2.35. The van der Waals surface area contributed by atoms with E-state index in [4.69, 9.17) is 11.6 Å².